The fourth-order valence-electron chi connectivity index (χ4n) is 2.78. The number of urea groups is 1. The Morgan fingerprint density at radius 2 is 1.32 bits per heavy atom. The van der Waals surface area contributed by atoms with Crippen LogP contribution < -0.4 is 10.6 Å². The molecule has 3 rings (SSSR count). The molecule has 0 heterocycles. The van der Waals surface area contributed by atoms with Crippen LogP contribution in [0.2, 0.25) is 0 Å². The highest BCUT2D eigenvalue weighted by atomic mass is 16.2. The third-order valence-electron chi connectivity index (χ3n) is 4.08. The van der Waals surface area contributed by atoms with Crippen molar-refractivity contribution < 1.29 is 4.79 Å². The summed E-state index contributed by atoms with van der Waals surface area (Å²) in [6.45, 7) is 4.22. The zero-order valence-electron chi connectivity index (χ0n) is 14.5. The minimum absolute atomic E-state index is 0.236. The third-order valence-corrected chi connectivity index (χ3v) is 4.08. The quantitative estimate of drug-likeness (QED) is 0.594. The van der Waals surface area contributed by atoms with E-state index in [1.54, 1.807) is 0 Å². The number of para-hydroxylation sites is 1. The number of anilines is 2. The number of nitrogens with one attached hydrogen (secondary N) is 2. The molecule has 0 spiro atoms. The van der Waals surface area contributed by atoms with Crippen molar-refractivity contribution in [2.45, 2.75) is 19.8 Å². The van der Waals surface area contributed by atoms with E-state index in [0.717, 1.165) is 28.1 Å². The number of amides is 2. The molecule has 0 aliphatic heterocycles. The smallest absolute Gasteiger partial charge is 0.308 e. The molecule has 0 aliphatic rings. The second kappa shape index (κ2) is 7.67. The average molecular weight is 330 g/mol. The van der Waals surface area contributed by atoms with Gasteiger partial charge in [0.1, 0.15) is 0 Å². The molecule has 2 amide bonds. The van der Waals surface area contributed by atoms with E-state index in [1.807, 2.05) is 66.7 Å². The van der Waals surface area contributed by atoms with Gasteiger partial charge in [-0.15, -0.1) is 0 Å². The number of hydrogen-bond acceptors (Lipinski definition) is 1. The lowest BCUT2D eigenvalue weighted by atomic mass is 10.0. The molecule has 0 aliphatic carbocycles. The Kier molecular flexibility index (Phi) is 5.14. The van der Waals surface area contributed by atoms with E-state index >= 15 is 0 Å². The van der Waals surface area contributed by atoms with Crippen LogP contribution in [0.4, 0.5) is 16.2 Å². The molecular weight excluding hydrogens is 308 g/mol. The normalized spacial score (nSPS) is 10.5. The van der Waals surface area contributed by atoms with Crippen LogP contribution >= 0.6 is 0 Å². The molecule has 2 N–H and O–H groups in total. The summed E-state index contributed by atoms with van der Waals surface area (Å²) in [5.41, 5.74) is 5.01. The topological polar surface area (TPSA) is 41.1 Å². The van der Waals surface area contributed by atoms with Crippen molar-refractivity contribution in [3.05, 3.63) is 84.4 Å². The standard InChI is InChI=1S/C22H22N2O/c1-16(2)20-10-6-7-11-21(20)24-22(25)23-19-14-12-18(13-15-19)17-8-4-3-5-9-17/h3-16H,1-2H3,(H2,23,24,25). The van der Waals surface area contributed by atoms with Gasteiger partial charge in [-0.25, -0.2) is 4.79 Å². The highest BCUT2D eigenvalue weighted by Crippen LogP contribution is 2.24. The number of benzene rings is 3. The van der Waals surface area contributed by atoms with Crippen molar-refractivity contribution in [2.75, 3.05) is 10.6 Å². The first kappa shape index (κ1) is 16.8. The Morgan fingerprint density at radius 3 is 2.00 bits per heavy atom. The van der Waals surface area contributed by atoms with Crippen molar-refractivity contribution in [1.29, 1.82) is 0 Å². The summed E-state index contributed by atoms with van der Waals surface area (Å²) >= 11 is 0. The first-order valence-electron chi connectivity index (χ1n) is 8.46. The molecule has 126 valence electrons. The lowest BCUT2D eigenvalue weighted by Gasteiger charge is -2.14. The van der Waals surface area contributed by atoms with Gasteiger partial charge in [0.05, 0.1) is 0 Å². The van der Waals surface area contributed by atoms with Crippen molar-refractivity contribution >= 4 is 17.4 Å². The molecule has 0 aromatic heterocycles. The molecule has 0 unspecified atom stereocenters. The Balaban J connectivity index is 1.68. The van der Waals surface area contributed by atoms with Crippen LogP contribution in [0.3, 0.4) is 0 Å². The van der Waals surface area contributed by atoms with Gasteiger partial charge in [-0.1, -0.05) is 74.5 Å². The number of carbonyl (C=O) groups is 1. The van der Waals surface area contributed by atoms with Crippen molar-refractivity contribution in [1.82, 2.24) is 0 Å². The fraction of sp³-hybridized carbons (Fsp3) is 0.136. The molecule has 3 heteroatoms. The number of hydrogen-bond donors (Lipinski definition) is 2. The number of carbonyl (C=O) groups excluding carboxylic acids is 1. The maximum atomic E-state index is 12.3. The zero-order chi connectivity index (χ0) is 17.6. The molecule has 3 aromatic carbocycles. The van der Waals surface area contributed by atoms with Crippen LogP contribution in [0.25, 0.3) is 11.1 Å². The van der Waals surface area contributed by atoms with Gasteiger partial charge in [0.15, 0.2) is 0 Å². The molecule has 0 radical (unpaired) electrons. The van der Waals surface area contributed by atoms with Crippen LogP contribution in [0.5, 0.6) is 0 Å². The molecule has 0 saturated carbocycles. The highest BCUT2D eigenvalue weighted by Gasteiger charge is 2.09. The predicted octanol–water partition coefficient (Wildman–Crippen LogP) is 6.12. The molecule has 25 heavy (non-hydrogen) atoms. The Labute approximate surface area is 148 Å². The summed E-state index contributed by atoms with van der Waals surface area (Å²) in [6.07, 6.45) is 0. The van der Waals surface area contributed by atoms with E-state index in [0.29, 0.717) is 5.92 Å². The molecule has 3 aromatic rings. The minimum atomic E-state index is -0.236. The minimum Gasteiger partial charge on any atom is -0.308 e. The van der Waals surface area contributed by atoms with Gasteiger partial charge in [-0.3, -0.25) is 0 Å². The monoisotopic (exact) mass is 330 g/mol. The molecule has 0 saturated heterocycles. The maximum Gasteiger partial charge on any atom is 0.323 e. The Bertz CT molecular complexity index is 839. The van der Waals surface area contributed by atoms with E-state index in [1.165, 1.54) is 0 Å². The van der Waals surface area contributed by atoms with E-state index in [2.05, 4.69) is 36.6 Å². The zero-order valence-corrected chi connectivity index (χ0v) is 14.5. The van der Waals surface area contributed by atoms with Gasteiger partial charge in [0.25, 0.3) is 0 Å². The van der Waals surface area contributed by atoms with Crippen LogP contribution in [-0.4, -0.2) is 6.03 Å². The van der Waals surface area contributed by atoms with Gasteiger partial charge in [0.2, 0.25) is 0 Å². The molecular formula is C22H22N2O. The summed E-state index contributed by atoms with van der Waals surface area (Å²) in [5.74, 6) is 0.349. The summed E-state index contributed by atoms with van der Waals surface area (Å²) < 4.78 is 0. The fourth-order valence-corrected chi connectivity index (χ4v) is 2.78. The molecule has 0 bridgehead atoms. The van der Waals surface area contributed by atoms with Gasteiger partial charge >= 0.3 is 6.03 Å². The summed E-state index contributed by atoms with van der Waals surface area (Å²) in [4.78, 5) is 12.3. The van der Waals surface area contributed by atoms with Crippen LogP contribution in [0.1, 0.15) is 25.3 Å². The first-order valence-corrected chi connectivity index (χ1v) is 8.46. The second-order valence-electron chi connectivity index (χ2n) is 6.26. The van der Waals surface area contributed by atoms with Crippen molar-refractivity contribution in [2.24, 2.45) is 0 Å². The summed E-state index contributed by atoms with van der Waals surface area (Å²) in [6, 6.07) is 25.6. The Hall–Kier alpha value is -3.07. The van der Waals surface area contributed by atoms with Crippen LogP contribution in [0.15, 0.2) is 78.9 Å². The Morgan fingerprint density at radius 1 is 0.720 bits per heavy atom. The van der Waals surface area contributed by atoms with Crippen molar-refractivity contribution in [3.8, 4) is 11.1 Å². The lowest BCUT2D eigenvalue weighted by molar-refractivity contribution is 0.262. The third kappa shape index (κ3) is 4.27. The molecule has 0 fully saturated rings. The largest absolute Gasteiger partial charge is 0.323 e. The highest BCUT2D eigenvalue weighted by molar-refractivity contribution is 6.00. The molecule has 0 atom stereocenters. The van der Waals surface area contributed by atoms with E-state index < -0.39 is 0 Å². The SMILES string of the molecule is CC(C)c1ccccc1NC(=O)Nc1ccc(-c2ccccc2)cc1. The first-order chi connectivity index (χ1) is 12.1. The summed E-state index contributed by atoms with van der Waals surface area (Å²) in [7, 11) is 0. The van der Waals surface area contributed by atoms with Gasteiger partial charge in [0, 0.05) is 11.4 Å². The lowest BCUT2D eigenvalue weighted by Crippen LogP contribution is -2.20. The van der Waals surface area contributed by atoms with E-state index in [4.69, 9.17) is 0 Å². The average Bonchev–Trinajstić information content (AvgIpc) is 2.63. The van der Waals surface area contributed by atoms with Crippen LogP contribution in [0, 0.1) is 0 Å². The van der Waals surface area contributed by atoms with Crippen molar-refractivity contribution in [3.63, 3.8) is 0 Å². The number of rotatable bonds is 4. The second-order valence-corrected chi connectivity index (χ2v) is 6.26. The maximum absolute atomic E-state index is 12.3. The van der Waals surface area contributed by atoms with Crippen LogP contribution in [-0.2, 0) is 0 Å². The van der Waals surface area contributed by atoms with E-state index in [9.17, 15) is 4.79 Å². The van der Waals surface area contributed by atoms with Gasteiger partial charge in [-0.2, -0.15) is 0 Å². The van der Waals surface area contributed by atoms with Gasteiger partial charge in [-0.05, 0) is 40.8 Å². The van der Waals surface area contributed by atoms with Gasteiger partial charge < -0.3 is 10.6 Å². The molecule has 3 nitrogen and oxygen atoms in total. The predicted molar refractivity (Wildman–Crippen MR) is 105 cm³/mol. The summed E-state index contributed by atoms with van der Waals surface area (Å²) in [5, 5.41) is 5.82. The van der Waals surface area contributed by atoms with E-state index in [-0.39, 0.29) is 6.03 Å².